The third-order valence-corrected chi connectivity index (χ3v) is 5.92. The molecule has 0 aliphatic heterocycles. The minimum atomic E-state index is -4.70. The molecule has 0 saturated carbocycles. The number of aromatic nitrogens is 1. The number of rotatable bonds is 7. The van der Waals surface area contributed by atoms with Crippen LogP contribution in [0, 0.1) is 0 Å². The molecule has 166 valence electrons. The summed E-state index contributed by atoms with van der Waals surface area (Å²) in [5, 5.41) is 3.42. The van der Waals surface area contributed by atoms with Crippen molar-refractivity contribution in [3.05, 3.63) is 53.8 Å². The molecule has 0 aliphatic rings. The van der Waals surface area contributed by atoms with E-state index < -0.39 is 22.0 Å². The molecule has 0 spiro atoms. The predicted molar refractivity (Wildman–Crippen MR) is 107 cm³/mol. The van der Waals surface area contributed by atoms with Crippen molar-refractivity contribution in [3.8, 4) is 22.8 Å². The predicted octanol–water partition coefficient (Wildman–Crippen LogP) is 4.74. The summed E-state index contributed by atoms with van der Waals surface area (Å²) in [7, 11) is -1.31. The van der Waals surface area contributed by atoms with Crippen LogP contribution in [0.4, 0.5) is 18.9 Å². The van der Waals surface area contributed by atoms with Gasteiger partial charge in [0.2, 0.25) is 5.76 Å². The number of hydrogen-bond donors (Lipinski definition) is 1. The van der Waals surface area contributed by atoms with Crippen LogP contribution in [0.5, 0.6) is 11.5 Å². The highest BCUT2D eigenvalue weighted by Crippen LogP contribution is 2.35. The van der Waals surface area contributed by atoms with Crippen LogP contribution in [0.15, 0.2) is 51.9 Å². The second-order valence-electron chi connectivity index (χ2n) is 6.42. The van der Waals surface area contributed by atoms with E-state index in [4.69, 9.17) is 9.47 Å². The molecule has 3 rings (SSSR count). The molecule has 1 aromatic heterocycles. The summed E-state index contributed by atoms with van der Waals surface area (Å²) in [5.41, 5.74) is 0.646. The van der Waals surface area contributed by atoms with Gasteiger partial charge < -0.3 is 14.0 Å². The molecule has 2 aromatic carbocycles. The zero-order valence-corrected chi connectivity index (χ0v) is 17.6. The van der Waals surface area contributed by atoms with E-state index in [9.17, 15) is 21.6 Å². The van der Waals surface area contributed by atoms with Crippen molar-refractivity contribution < 1.29 is 35.6 Å². The number of halogens is 3. The lowest BCUT2D eigenvalue weighted by Gasteiger charge is -2.15. The molecule has 11 heteroatoms. The van der Waals surface area contributed by atoms with Crippen LogP contribution >= 0.6 is 0 Å². The number of anilines is 1. The fraction of sp³-hybridized carbons (Fsp3) is 0.250. The monoisotopic (exact) mass is 456 g/mol. The number of sulfonamides is 1. The van der Waals surface area contributed by atoms with E-state index in [2.05, 4.69) is 14.4 Å². The van der Waals surface area contributed by atoms with Gasteiger partial charge in [0.05, 0.1) is 24.8 Å². The molecule has 0 unspecified atom stereocenters. The van der Waals surface area contributed by atoms with Gasteiger partial charge in [0, 0.05) is 17.7 Å². The third kappa shape index (κ3) is 4.76. The van der Waals surface area contributed by atoms with Gasteiger partial charge in [-0.15, -0.1) is 0 Å². The Kier molecular flexibility index (Phi) is 6.16. The highest BCUT2D eigenvalue weighted by Gasteiger charge is 2.36. The lowest BCUT2D eigenvalue weighted by Crippen LogP contribution is -2.16. The Morgan fingerprint density at radius 2 is 1.81 bits per heavy atom. The molecule has 31 heavy (non-hydrogen) atoms. The molecule has 1 N–H and O–H groups in total. The Balaban J connectivity index is 2.05. The van der Waals surface area contributed by atoms with Crippen LogP contribution in [0.3, 0.4) is 0 Å². The third-order valence-electron chi connectivity index (χ3n) is 4.47. The van der Waals surface area contributed by atoms with Crippen LogP contribution in [-0.2, 0) is 22.6 Å². The average Bonchev–Trinajstić information content (AvgIpc) is 3.24. The van der Waals surface area contributed by atoms with E-state index in [0.29, 0.717) is 17.7 Å². The van der Waals surface area contributed by atoms with E-state index in [0.717, 1.165) is 6.07 Å². The molecule has 0 bridgehead atoms. The van der Waals surface area contributed by atoms with Crippen molar-refractivity contribution in [2.24, 2.45) is 0 Å². The number of aryl methyl sites for hydroxylation is 1. The minimum absolute atomic E-state index is 0.103. The first-order chi connectivity index (χ1) is 14.6. The summed E-state index contributed by atoms with van der Waals surface area (Å²) in [5.74, 6) is -0.596. The molecular formula is C20H19F3N2O5S. The number of methoxy groups -OCH3 is 2. The second kappa shape index (κ2) is 8.50. The summed E-state index contributed by atoms with van der Waals surface area (Å²) in [4.78, 5) is -0.103. The fourth-order valence-corrected chi connectivity index (χ4v) is 4.29. The first kappa shape index (κ1) is 22.5. The standard InChI is InChI=1S/C20H19F3N2O5S/c1-4-12-5-6-13(15-11-19(30-24-15)20(21,22)23)9-18(12)31(26,27)25-16-10-14(28-2)7-8-17(16)29-3/h5-11,25H,4H2,1-3H3. The first-order valence-electron chi connectivity index (χ1n) is 9.01. The lowest BCUT2D eigenvalue weighted by atomic mass is 10.1. The summed E-state index contributed by atoms with van der Waals surface area (Å²) in [6.07, 6.45) is -4.33. The van der Waals surface area contributed by atoms with Crippen molar-refractivity contribution in [1.29, 1.82) is 0 Å². The van der Waals surface area contributed by atoms with Crippen molar-refractivity contribution in [2.75, 3.05) is 18.9 Å². The Hall–Kier alpha value is -3.21. The van der Waals surface area contributed by atoms with Gasteiger partial charge in [0.15, 0.2) is 0 Å². The van der Waals surface area contributed by atoms with E-state index in [1.54, 1.807) is 19.1 Å². The van der Waals surface area contributed by atoms with E-state index in [1.807, 2.05) is 0 Å². The van der Waals surface area contributed by atoms with Gasteiger partial charge in [-0.2, -0.15) is 13.2 Å². The van der Waals surface area contributed by atoms with Gasteiger partial charge in [-0.25, -0.2) is 8.42 Å². The maximum absolute atomic E-state index is 13.2. The molecule has 0 amide bonds. The second-order valence-corrected chi connectivity index (χ2v) is 8.07. The summed E-state index contributed by atoms with van der Waals surface area (Å²) in [6.45, 7) is 1.76. The molecule has 1 heterocycles. The van der Waals surface area contributed by atoms with Crippen LogP contribution in [0.25, 0.3) is 11.3 Å². The molecule has 7 nitrogen and oxygen atoms in total. The number of nitrogens with one attached hydrogen (secondary N) is 1. The molecule has 0 saturated heterocycles. The zero-order chi connectivity index (χ0) is 22.8. The Morgan fingerprint density at radius 3 is 2.39 bits per heavy atom. The minimum Gasteiger partial charge on any atom is -0.497 e. The van der Waals surface area contributed by atoms with Crippen LogP contribution in [0.1, 0.15) is 18.2 Å². The number of ether oxygens (including phenoxy) is 2. The maximum atomic E-state index is 13.2. The topological polar surface area (TPSA) is 90.7 Å². The number of benzene rings is 2. The van der Waals surface area contributed by atoms with Gasteiger partial charge in [0.1, 0.15) is 17.2 Å². The molecule has 3 aromatic rings. The molecule has 0 radical (unpaired) electrons. The maximum Gasteiger partial charge on any atom is 0.452 e. The number of nitrogens with zero attached hydrogens (tertiary/aromatic N) is 1. The normalized spacial score (nSPS) is 11.9. The average molecular weight is 456 g/mol. The van der Waals surface area contributed by atoms with Gasteiger partial charge >= 0.3 is 6.18 Å². The van der Waals surface area contributed by atoms with E-state index in [-0.39, 0.29) is 27.6 Å². The Bertz CT molecular complexity index is 1190. The Labute approximate surface area is 176 Å². The summed E-state index contributed by atoms with van der Waals surface area (Å²) < 4.78 is 81.9. The summed E-state index contributed by atoms with van der Waals surface area (Å²) in [6, 6.07) is 9.59. The zero-order valence-electron chi connectivity index (χ0n) is 16.8. The van der Waals surface area contributed by atoms with Crippen molar-refractivity contribution >= 4 is 15.7 Å². The van der Waals surface area contributed by atoms with Gasteiger partial charge in [-0.05, 0) is 30.2 Å². The molecule has 0 fully saturated rings. The SMILES string of the molecule is CCc1ccc(-c2cc(C(F)(F)F)on2)cc1S(=O)(=O)Nc1cc(OC)ccc1OC. The van der Waals surface area contributed by atoms with E-state index in [1.165, 1.54) is 38.5 Å². The molecule has 0 aliphatic carbocycles. The largest absolute Gasteiger partial charge is 0.497 e. The Morgan fingerprint density at radius 1 is 1.06 bits per heavy atom. The summed E-state index contributed by atoms with van der Waals surface area (Å²) >= 11 is 0. The van der Waals surface area contributed by atoms with Gasteiger partial charge in [-0.1, -0.05) is 24.2 Å². The van der Waals surface area contributed by atoms with Crippen molar-refractivity contribution in [3.63, 3.8) is 0 Å². The van der Waals surface area contributed by atoms with Crippen molar-refractivity contribution in [1.82, 2.24) is 5.16 Å². The molecular weight excluding hydrogens is 437 g/mol. The van der Waals surface area contributed by atoms with Gasteiger partial charge in [-0.3, -0.25) is 4.72 Å². The van der Waals surface area contributed by atoms with E-state index >= 15 is 0 Å². The first-order valence-corrected chi connectivity index (χ1v) is 10.5. The van der Waals surface area contributed by atoms with Crippen molar-refractivity contribution in [2.45, 2.75) is 24.4 Å². The smallest absolute Gasteiger partial charge is 0.452 e. The van der Waals surface area contributed by atoms with Crippen LogP contribution in [0.2, 0.25) is 0 Å². The van der Waals surface area contributed by atoms with Gasteiger partial charge in [0.25, 0.3) is 10.0 Å². The highest BCUT2D eigenvalue weighted by atomic mass is 32.2. The quantitative estimate of drug-likeness (QED) is 0.552. The van der Waals surface area contributed by atoms with Crippen LogP contribution in [-0.4, -0.2) is 27.8 Å². The van der Waals surface area contributed by atoms with Crippen LogP contribution < -0.4 is 14.2 Å². The highest BCUT2D eigenvalue weighted by molar-refractivity contribution is 7.92. The number of alkyl halides is 3. The lowest BCUT2D eigenvalue weighted by molar-refractivity contribution is -0.155. The number of hydrogen-bond acceptors (Lipinski definition) is 6. The fourth-order valence-electron chi connectivity index (χ4n) is 2.89. The molecule has 0 atom stereocenters.